The Morgan fingerprint density at radius 3 is 2.56 bits per heavy atom. The summed E-state index contributed by atoms with van der Waals surface area (Å²) in [6.45, 7) is 6.81. The lowest BCUT2D eigenvalue weighted by molar-refractivity contribution is -0.158. The number of benzene rings is 1. The van der Waals surface area contributed by atoms with Gasteiger partial charge in [0.2, 0.25) is 5.95 Å². The second kappa shape index (κ2) is 10.6. The molecule has 5 rings (SSSR count). The zero-order valence-electron chi connectivity index (χ0n) is 21.8. The van der Waals surface area contributed by atoms with Crippen molar-refractivity contribution in [2.75, 3.05) is 36.4 Å². The van der Waals surface area contributed by atoms with E-state index in [1.54, 1.807) is 25.1 Å². The van der Waals surface area contributed by atoms with E-state index in [0.717, 1.165) is 32.1 Å². The molecule has 2 N–H and O–H groups in total. The summed E-state index contributed by atoms with van der Waals surface area (Å²) < 4.78 is 41.3. The fourth-order valence-corrected chi connectivity index (χ4v) is 6.69. The number of carboxylic acids is 1. The van der Waals surface area contributed by atoms with E-state index in [-0.39, 0.29) is 11.8 Å². The van der Waals surface area contributed by atoms with Crippen LogP contribution in [0.4, 0.5) is 24.9 Å². The fraction of sp³-hybridized carbons (Fsp3) is 0.593. The van der Waals surface area contributed by atoms with Gasteiger partial charge < -0.3 is 20.2 Å². The number of hydrogen-bond donors (Lipinski definition) is 2. The van der Waals surface area contributed by atoms with Gasteiger partial charge >= 0.3 is 12.1 Å². The predicted octanol–water partition coefficient (Wildman–Crippen LogP) is 6.38. The molecule has 0 amide bonds. The van der Waals surface area contributed by atoms with Gasteiger partial charge in [0, 0.05) is 41.9 Å². The largest absolute Gasteiger partial charge is 0.481 e. The molecule has 1 unspecified atom stereocenters. The molecule has 2 aromatic rings. The molecule has 12 heteroatoms. The van der Waals surface area contributed by atoms with Crippen molar-refractivity contribution in [3.05, 3.63) is 45.6 Å². The molecule has 2 aliphatic heterocycles. The maximum absolute atomic E-state index is 13.8. The van der Waals surface area contributed by atoms with Crippen LogP contribution in [0.1, 0.15) is 56.7 Å². The molecule has 1 aromatic heterocycles. The van der Waals surface area contributed by atoms with Crippen LogP contribution in [0.15, 0.2) is 24.4 Å². The zero-order chi connectivity index (χ0) is 28.1. The quantitative estimate of drug-likeness (QED) is 0.390. The van der Waals surface area contributed by atoms with Gasteiger partial charge in [-0.25, -0.2) is 4.98 Å². The summed E-state index contributed by atoms with van der Waals surface area (Å²) in [6.07, 6.45) is -0.255. The smallest absolute Gasteiger partial charge is 0.421 e. The van der Waals surface area contributed by atoms with E-state index < -0.39 is 29.2 Å². The Balaban J connectivity index is 1.24. The minimum atomic E-state index is -4.62. The molecule has 39 heavy (non-hydrogen) atoms. The molecular weight excluding hydrogens is 554 g/mol. The van der Waals surface area contributed by atoms with Crippen molar-refractivity contribution in [2.24, 2.45) is 17.3 Å². The number of rotatable bonds is 7. The average Bonchev–Trinajstić information content (AvgIpc) is 2.80. The molecule has 0 spiro atoms. The lowest BCUT2D eigenvalue weighted by Crippen LogP contribution is -2.58. The number of likely N-dealkylation sites (tertiary alicyclic amines) is 1. The normalized spacial score (nSPS) is 27.0. The molecule has 0 bridgehead atoms. The van der Waals surface area contributed by atoms with E-state index in [1.165, 1.54) is 0 Å². The van der Waals surface area contributed by atoms with Gasteiger partial charge in [0.1, 0.15) is 11.4 Å². The molecule has 3 aliphatic rings. The van der Waals surface area contributed by atoms with E-state index in [2.05, 4.69) is 20.2 Å². The summed E-state index contributed by atoms with van der Waals surface area (Å²) in [7, 11) is 0. The number of halogens is 5. The molecule has 7 nitrogen and oxygen atoms in total. The van der Waals surface area contributed by atoms with Crippen molar-refractivity contribution in [1.82, 2.24) is 14.9 Å². The lowest BCUT2D eigenvalue weighted by atomic mass is 9.65. The van der Waals surface area contributed by atoms with Gasteiger partial charge in [-0.1, -0.05) is 29.3 Å². The molecule has 0 radical (unpaired) electrons. The first kappa shape index (κ1) is 28.2. The minimum absolute atomic E-state index is 0.264. The average molecular weight is 586 g/mol. The molecule has 2 atom stereocenters. The van der Waals surface area contributed by atoms with Gasteiger partial charge in [0.05, 0.1) is 11.5 Å². The predicted molar refractivity (Wildman–Crippen MR) is 144 cm³/mol. The SMILES string of the molecule is C[C@@H](Nc1nc(N2CC(C3CCCN(C4CC(C)(C(=O)O)C4)C3)C2)ncc1C(F)(F)F)c1ccc(Cl)cc1Cl. The molecule has 3 fully saturated rings. The van der Waals surface area contributed by atoms with Crippen LogP contribution in [0.25, 0.3) is 0 Å². The van der Waals surface area contributed by atoms with Gasteiger partial charge in [0.25, 0.3) is 0 Å². The van der Waals surface area contributed by atoms with E-state index >= 15 is 0 Å². The molecule has 212 valence electrons. The van der Waals surface area contributed by atoms with E-state index in [4.69, 9.17) is 23.2 Å². The maximum atomic E-state index is 13.8. The number of carboxylic acid groups (broad SMARTS) is 1. The number of nitrogens with zero attached hydrogens (tertiary/aromatic N) is 4. The minimum Gasteiger partial charge on any atom is -0.481 e. The topological polar surface area (TPSA) is 81.6 Å². The Kier molecular flexibility index (Phi) is 7.67. The number of carbonyl (C=O) groups is 1. The highest BCUT2D eigenvalue weighted by atomic mass is 35.5. The van der Waals surface area contributed by atoms with Crippen molar-refractivity contribution in [3.8, 4) is 0 Å². The van der Waals surface area contributed by atoms with E-state index in [0.29, 0.717) is 59.4 Å². The molecule has 1 aromatic carbocycles. The third kappa shape index (κ3) is 5.79. The van der Waals surface area contributed by atoms with Crippen molar-refractivity contribution in [1.29, 1.82) is 0 Å². The summed E-state index contributed by atoms with van der Waals surface area (Å²) in [5, 5.41) is 13.1. The number of aromatic nitrogens is 2. The van der Waals surface area contributed by atoms with Crippen LogP contribution in [0, 0.1) is 17.3 Å². The maximum Gasteiger partial charge on any atom is 0.421 e. The highest BCUT2D eigenvalue weighted by Gasteiger charge is 2.50. The second-order valence-electron chi connectivity index (χ2n) is 11.5. The van der Waals surface area contributed by atoms with Gasteiger partial charge in [-0.2, -0.15) is 18.2 Å². The summed E-state index contributed by atoms with van der Waals surface area (Å²) in [5.74, 6) is 0.112. The van der Waals surface area contributed by atoms with Crippen molar-refractivity contribution < 1.29 is 23.1 Å². The van der Waals surface area contributed by atoms with Gasteiger partial charge in [-0.05, 0) is 75.6 Å². The number of alkyl halides is 3. The molecule has 1 saturated carbocycles. The molecule has 3 heterocycles. The number of nitrogens with one attached hydrogen (secondary N) is 1. The fourth-order valence-electron chi connectivity index (χ4n) is 6.12. The van der Waals surface area contributed by atoms with Crippen molar-refractivity contribution in [3.63, 3.8) is 0 Å². The first-order valence-electron chi connectivity index (χ1n) is 13.2. The zero-order valence-corrected chi connectivity index (χ0v) is 23.3. The molecule has 1 aliphatic carbocycles. The highest BCUT2D eigenvalue weighted by molar-refractivity contribution is 6.35. The Labute approximate surface area is 235 Å². The van der Waals surface area contributed by atoms with Crippen LogP contribution in [-0.4, -0.2) is 58.2 Å². The van der Waals surface area contributed by atoms with Crippen LogP contribution in [0.3, 0.4) is 0 Å². The van der Waals surface area contributed by atoms with Gasteiger partial charge in [0.15, 0.2) is 0 Å². The summed E-state index contributed by atoms with van der Waals surface area (Å²) in [6, 6.07) is 4.63. The van der Waals surface area contributed by atoms with Crippen LogP contribution >= 0.6 is 23.2 Å². The summed E-state index contributed by atoms with van der Waals surface area (Å²) in [5.41, 5.74) is -0.945. The van der Waals surface area contributed by atoms with Crippen LogP contribution in [-0.2, 0) is 11.0 Å². The Hall–Kier alpha value is -2.30. The molecular formula is C27H32Cl2F3N5O2. The monoisotopic (exact) mass is 585 g/mol. The van der Waals surface area contributed by atoms with Crippen LogP contribution in [0.5, 0.6) is 0 Å². The van der Waals surface area contributed by atoms with Gasteiger partial charge in [-0.15, -0.1) is 0 Å². The van der Waals surface area contributed by atoms with Crippen molar-refractivity contribution >= 4 is 40.9 Å². The number of anilines is 2. The van der Waals surface area contributed by atoms with Gasteiger partial charge in [-0.3, -0.25) is 4.79 Å². The Morgan fingerprint density at radius 1 is 1.21 bits per heavy atom. The highest BCUT2D eigenvalue weighted by Crippen LogP contribution is 2.45. The second-order valence-corrected chi connectivity index (χ2v) is 12.3. The number of aliphatic carboxylic acids is 1. The third-order valence-corrected chi connectivity index (χ3v) is 9.18. The first-order chi connectivity index (χ1) is 18.3. The van der Waals surface area contributed by atoms with Crippen LogP contribution < -0.4 is 10.2 Å². The lowest BCUT2D eigenvalue weighted by Gasteiger charge is -2.52. The Morgan fingerprint density at radius 2 is 1.92 bits per heavy atom. The van der Waals surface area contributed by atoms with Crippen LogP contribution in [0.2, 0.25) is 10.0 Å². The standard InChI is InChI=1S/C27H32Cl2F3N5O2/c1-15(20-6-5-18(28)8-22(20)29)34-23-21(27(30,31)32)11-33-25(35-23)37-13-17(14-37)16-4-3-7-36(12-16)19-9-26(2,10-19)24(38)39/h5-6,8,11,15-17,19H,3-4,7,9-10,12-14H2,1-2H3,(H,38,39)(H,33,34,35)/t15-,16?,19?,26?/m1/s1. The van der Waals surface area contributed by atoms with E-state index in [9.17, 15) is 23.1 Å². The molecule has 2 saturated heterocycles. The Bertz CT molecular complexity index is 1230. The summed E-state index contributed by atoms with van der Waals surface area (Å²) in [4.78, 5) is 24.2. The third-order valence-electron chi connectivity index (χ3n) is 8.62. The number of hydrogen-bond acceptors (Lipinski definition) is 6. The summed E-state index contributed by atoms with van der Waals surface area (Å²) >= 11 is 12.2. The van der Waals surface area contributed by atoms with Crippen molar-refractivity contribution in [2.45, 2.75) is 57.8 Å². The van der Waals surface area contributed by atoms with E-state index in [1.807, 2.05) is 11.8 Å². The number of piperidine rings is 1. The first-order valence-corrected chi connectivity index (χ1v) is 14.0.